The molecule has 0 saturated heterocycles. The molecule has 18 heavy (non-hydrogen) atoms. The van der Waals surface area contributed by atoms with Crippen molar-refractivity contribution < 1.29 is 4.74 Å². The summed E-state index contributed by atoms with van der Waals surface area (Å²) >= 11 is 5.25. The molecule has 96 valence electrons. The number of benzene rings is 1. The maximum atomic E-state index is 5.22. The first kappa shape index (κ1) is 13.6. The van der Waals surface area contributed by atoms with Gasteiger partial charge in [0.05, 0.1) is 7.11 Å². The average Bonchev–Trinajstić information content (AvgIpc) is 2.83. The van der Waals surface area contributed by atoms with E-state index in [4.69, 9.17) is 4.74 Å². The molecule has 0 bridgehead atoms. The Bertz CT molecular complexity index is 512. The van der Waals surface area contributed by atoms with Gasteiger partial charge in [-0.1, -0.05) is 12.1 Å². The number of hydrogen-bond donors (Lipinski definition) is 1. The Labute approximate surface area is 120 Å². The van der Waals surface area contributed by atoms with E-state index >= 15 is 0 Å². The van der Waals surface area contributed by atoms with E-state index in [1.54, 1.807) is 18.4 Å². The molecule has 0 saturated carbocycles. The van der Waals surface area contributed by atoms with Gasteiger partial charge in [-0.05, 0) is 46.6 Å². The molecule has 1 heterocycles. The first-order valence-corrected chi connectivity index (χ1v) is 7.46. The van der Waals surface area contributed by atoms with Crippen LogP contribution in [-0.4, -0.2) is 7.11 Å². The maximum Gasteiger partial charge on any atom is 0.119 e. The van der Waals surface area contributed by atoms with Gasteiger partial charge in [0.1, 0.15) is 5.75 Å². The van der Waals surface area contributed by atoms with Crippen molar-refractivity contribution in [1.29, 1.82) is 0 Å². The Morgan fingerprint density at radius 2 is 2.22 bits per heavy atom. The molecule has 0 aliphatic rings. The highest BCUT2D eigenvalue weighted by atomic mass is 79.9. The van der Waals surface area contributed by atoms with Gasteiger partial charge in [-0.15, -0.1) is 11.3 Å². The molecule has 0 spiro atoms. The van der Waals surface area contributed by atoms with Gasteiger partial charge in [-0.3, -0.25) is 0 Å². The minimum atomic E-state index is 0.354. The fraction of sp³-hybridized carbons (Fsp3) is 0.286. The van der Waals surface area contributed by atoms with Crippen molar-refractivity contribution in [2.45, 2.75) is 19.5 Å². The molecular weight excluding hydrogens is 310 g/mol. The third-order valence-corrected chi connectivity index (χ3v) is 4.64. The molecule has 2 aromatic rings. The highest BCUT2D eigenvalue weighted by Crippen LogP contribution is 2.25. The van der Waals surface area contributed by atoms with Gasteiger partial charge >= 0.3 is 0 Å². The van der Waals surface area contributed by atoms with Crippen LogP contribution in [0.3, 0.4) is 0 Å². The molecule has 0 fully saturated rings. The number of nitrogens with one attached hydrogen (secondary N) is 1. The lowest BCUT2D eigenvalue weighted by Crippen LogP contribution is -2.17. The normalized spacial score (nSPS) is 12.4. The molecule has 0 aliphatic heterocycles. The Hall–Kier alpha value is -0.840. The number of rotatable bonds is 5. The van der Waals surface area contributed by atoms with Gasteiger partial charge in [-0.25, -0.2) is 0 Å². The molecule has 2 nitrogen and oxygen atoms in total. The lowest BCUT2D eigenvalue weighted by Gasteiger charge is -2.12. The third-order valence-electron chi connectivity index (χ3n) is 2.76. The molecule has 0 amide bonds. The van der Waals surface area contributed by atoms with Gasteiger partial charge < -0.3 is 10.1 Å². The van der Waals surface area contributed by atoms with Crippen LogP contribution < -0.4 is 10.1 Å². The van der Waals surface area contributed by atoms with Crippen molar-refractivity contribution in [3.8, 4) is 5.75 Å². The van der Waals surface area contributed by atoms with E-state index < -0.39 is 0 Å². The van der Waals surface area contributed by atoms with Gasteiger partial charge in [0.25, 0.3) is 0 Å². The summed E-state index contributed by atoms with van der Waals surface area (Å²) < 4.78 is 6.37. The lowest BCUT2D eigenvalue weighted by atomic mass is 10.2. The highest BCUT2D eigenvalue weighted by Gasteiger charge is 2.07. The van der Waals surface area contributed by atoms with Crippen molar-refractivity contribution in [2.75, 3.05) is 7.11 Å². The van der Waals surface area contributed by atoms with Crippen LogP contribution in [0.15, 0.2) is 40.2 Å². The van der Waals surface area contributed by atoms with Crippen LogP contribution in [0.2, 0.25) is 0 Å². The zero-order chi connectivity index (χ0) is 13.0. The van der Waals surface area contributed by atoms with E-state index in [1.807, 2.05) is 12.1 Å². The van der Waals surface area contributed by atoms with Crippen LogP contribution in [-0.2, 0) is 6.54 Å². The summed E-state index contributed by atoms with van der Waals surface area (Å²) in [6.45, 7) is 3.02. The van der Waals surface area contributed by atoms with Crippen LogP contribution >= 0.6 is 27.3 Å². The summed E-state index contributed by atoms with van der Waals surface area (Å²) in [5, 5.41) is 5.62. The molecule has 1 aromatic carbocycles. The summed E-state index contributed by atoms with van der Waals surface area (Å²) in [5.74, 6) is 0.904. The second-order valence-corrected chi connectivity index (χ2v) is 5.98. The summed E-state index contributed by atoms with van der Waals surface area (Å²) in [4.78, 5) is 1.34. The number of thiophene rings is 1. The summed E-state index contributed by atoms with van der Waals surface area (Å²) in [5.41, 5.74) is 1.23. The van der Waals surface area contributed by atoms with Crippen molar-refractivity contribution in [3.05, 3.63) is 50.6 Å². The quantitative estimate of drug-likeness (QED) is 0.881. The summed E-state index contributed by atoms with van der Waals surface area (Å²) in [6, 6.07) is 10.7. The van der Waals surface area contributed by atoms with Crippen molar-refractivity contribution in [2.24, 2.45) is 0 Å². The minimum absolute atomic E-state index is 0.354. The Morgan fingerprint density at radius 3 is 2.89 bits per heavy atom. The van der Waals surface area contributed by atoms with Gasteiger partial charge in [0, 0.05) is 27.3 Å². The second kappa shape index (κ2) is 6.36. The Balaban J connectivity index is 1.94. The predicted octanol–water partition coefficient (Wildman–Crippen LogP) is 4.37. The fourth-order valence-electron chi connectivity index (χ4n) is 1.71. The fourth-order valence-corrected chi connectivity index (χ4v) is 3.19. The number of methoxy groups -OCH3 is 1. The lowest BCUT2D eigenvalue weighted by molar-refractivity contribution is 0.414. The first-order chi connectivity index (χ1) is 8.69. The van der Waals surface area contributed by atoms with Gasteiger partial charge in [0.2, 0.25) is 0 Å². The van der Waals surface area contributed by atoms with E-state index in [1.165, 1.54) is 10.4 Å². The van der Waals surface area contributed by atoms with Crippen molar-refractivity contribution in [1.82, 2.24) is 5.32 Å². The largest absolute Gasteiger partial charge is 0.497 e. The molecule has 2 rings (SSSR count). The summed E-state index contributed by atoms with van der Waals surface area (Å²) in [6.07, 6.45) is 0. The molecule has 1 atom stereocenters. The van der Waals surface area contributed by atoms with Crippen LogP contribution in [0.25, 0.3) is 0 Å². The van der Waals surface area contributed by atoms with Gasteiger partial charge in [0.15, 0.2) is 0 Å². The van der Waals surface area contributed by atoms with Crippen molar-refractivity contribution >= 4 is 27.3 Å². The molecular formula is C14H16BrNOS. The van der Waals surface area contributed by atoms with E-state index in [-0.39, 0.29) is 0 Å². The molecule has 4 heteroatoms. The topological polar surface area (TPSA) is 21.3 Å². The molecule has 0 aliphatic carbocycles. The minimum Gasteiger partial charge on any atom is -0.497 e. The van der Waals surface area contributed by atoms with Crippen LogP contribution in [0, 0.1) is 0 Å². The van der Waals surface area contributed by atoms with Gasteiger partial charge in [-0.2, -0.15) is 0 Å². The molecule has 1 aromatic heterocycles. The summed E-state index contributed by atoms with van der Waals surface area (Å²) in [7, 11) is 1.69. The number of ether oxygens (including phenoxy) is 1. The van der Waals surface area contributed by atoms with E-state index in [0.717, 1.165) is 16.8 Å². The zero-order valence-corrected chi connectivity index (χ0v) is 12.8. The third kappa shape index (κ3) is 3.57. The van der Waals surface area contributed by atoms with Crippen LogP contribution in [0.1, 0.15) is 23.4 Å². The predicted molar refractivity (Wildman–Crippen MR) is 80.3 cm³/mol. The monoisotopic (exact) mass is 325 g/mol. The van der Waals surface area contributed by atoms with E-state index in [2.05, 4.69) is 51.7 Å². The second-order valence-electron chi connectivity index (χ2n) is 4.12. The van der Waals surface area contributed by atoms with E-state index in [0.29, 0.717) is 6.04 Å². The van der Waals surface area contributed by atoms with Crippen LogP contribution in [0.5, 0.6) is 5.75 Å². The average molecular weight is 326 g/mol. The highest BCUT2D eigenvalue weighted by molar-refractivity contribution is 9.10. The first-order valence-electron chi connectivity index (χ1n) is 5.79. The SMILES string of the molecule is COc1cccc(CNC(C)c2cc(Br)cs2)c1. The maximum absolute atomic E-state index is 5.22. The standard InChI is InChI=1S/C14H16BrNOS/c1-10(14-7-12(15)9-18-14)16-8-11-4-3-5-13(6-11)17-2/h3-7,9-10,16H,8H2,1-2H3. The Kier molecular flexibility index (Phi) is 4.80. The number of hydrogen-bond acceptors (Lipinski definition) is 3. The molecule has 0 radical (unpaired) electrons. The number of halogens is 1. The van der Waals surface area contributed by atoms with E-state index in [9.17, 15) is 0 Å². The zero-order valence-electron chi connectivity index (χ0n) is 10.4. The molecule has 1 N–H and O–H groups in total. The smallest absolute Gasteiger partial charge is 0.119 e. The van der Waals surface area contributed by atoms with Crippen LogP contribution in [0.4, 0.5) is 0 Å². The van der Waals surface area contributed by atoms with Crippen molar-refractivity contribution in [3.63, 3.8) is 0 Å². The Morgan fingerprint density at radius 1 is 1.39 bits per heavy atom. The molecule has 1 unspecified atom stereocenters.